The first-order chi connectivity index (χ1) is 7.13. The van der Waals surface area contributed by atoms with Gasteiger partial charge in [0.25, 0.3) is 0 Å². The van der Waals surface area contributed by atoms with Crippen LogP contribution in [0.15, 0.2) is 0 Å². The predicted molar refractivity (Wildman–Crippen MR) is 56.5 cm³/mol. The van der Waals surface area contributed by atoms with Crippen molar-refractivity contribution in [2.75, 3.05) is 6.61 Å². The maximum Gasteiger partial charge on any atom is 0.320 e. The third kappa shape index (κ3) is 6.10. The molecule has 0 aliphatic carbocycles. The summed E-state index contributed by atoms with van der Waals surface area (Å²) in [6.45, 7) is 4.27. The van der Waals surface area contributed by atoms with E-state index >= 15 is 0 Å². The molecule has 0 aliphatic heterocycles. The molecule has 0 amide bonds. The number of esters is 1. The molecule has 1 atom stereocenters. The lowest BCUT2D eigenvalue weighted by atomic mass is 10.0. The second-order valence-corrected chi connectivity index (χ2v) is 3.55. The first-order valence-electron chi connectivity index (χ1n) is 5.52. The molecule has 0 aromatic heterocycles. The molecule has 0 bridgehead atoms. The lowest BCUT2D eigenvalue weighted by Crippen LogP contribution is -2.26. The summed E-state index contributed by atoms with van der Waals surface area (Å²) in [5, 5.41) is 8.83. The van der Waals surface area contributed by atoms with E-state index in [1.165, 1.54) is 0 Å². The highest BCUT2D eigenvalue weighted by Crippen LogP contribution is 2.11. The molecule has 15 heavy (non-hydrogen) atoms. The first-order valence-corrected chi connectivity index (χ1v) is 5.52. The van der Waals surface area contributed by atoms with Crippen molar-refractivity contribution < 1.29 is 19.4 Å². The lowest BCUT2D eigenvalue weighted by molar-refractivity contribution is -0.159. The Labute approximate surface area is 90.6 Å². The van der Waals surface area contributed by atoms with Crippen molar-refractivity contribution >= 4 is 11.9 Å². The van der Waals surface area contributed by atoms with Crippen LogP contribution < -0.4 is 0 Å². The number of aliphatic carboxylic acids is 1. The largest absolute Gasteiger partial charge is 0.481 e. The summed E-state index contributed by atoms with van der Waals surface area (Å²) >= 11 is 0. The van der Waals surface area contributed by atoms with Gasteiger partial charge in [-0.25, -0.2) is 0 Å². The molecule has 4 heteroatoms. The van der Waals surface area contributed by atoms with E-state index in [-0.39, 0.29) is 0 Å². The Kier molecular flexibility index (Phi) is 7.68. The zero-order chi connectivity index (χ0) is 11.7. The van der Waals surface area contributed by atoms with E-state index in [1.54, 1.807) is 0 Å². The van der Waals surface area contributed by atoms with Crippen LogP contribution in [-0.4, -0.2) is 23.7 Å². The van der Waals surface area contributed by atoms with E-state index in [0.717, 1.165) is 25.7 Å². The van der Waals surface area contributed by atoms with Crippen molar-refractivity contribution in [2.45, 2.75) is 46.0 Å². The third-order valence-electron chi connectivity index (χ3n) is 2.17. The highest BCUT2D eigenvalue weighted by atomic mass is 16.5. The topological polar surface area (TPSA) is 63.6 Å². The summed E-state index contributed by atoms with van der Waals surface area (Å²) in [4.78, 5) is 22.1. The van der Waals surface area contributed by atoms with Crippen molar-refractivity contribution in [3.05, 3.63) is 0 Å². The van der Waals surface area contributed by atoms with E-state index < -0.39 is 17.9 Å². The third-order valence-corrected chi connectivity index (χ3v) is 2.17. The van der Waals surface area contributed by atoms with Crippen molar-refractivity contribution in [1.29, 1.82) is 0 Å². The minimum Gasteiger partial charge on any atom is -0.481 e. The average Bonchev–Trinajstić information content (AvgIpc) is 2.18. The SMILES string of the molecule is CCCCOC(=O)C(CCCC)C(=O)O. The monoisotopic (exact) mass is 216 g/mol. The maximum atomic E-state index is 11.4. The van der Waals surface area contributed by atoms with Crippen molar-refractivity contribution in [2.24, 2.45) is 5.92 Å². The normalized spacial score (nSPS) is 12.1. The van der Waals surface area contributed by atoms with Crippen LogP contribution in [0.4, 0.5) is 0 Å². The van der Waals surface area contributed by atoms with Crippen LogP contribution in [0, 0.1) is 5.92 Å². The van der Waals surface area contributed by atoms with Gasteiger partial charge in [-0.15, -0.1) is 0 Å². The standard InChI is InChI=1S/C11H20O4/c1-3-5-7-9(10(12)13)11(14)15-8-6-4-2/h9H,3-8H2,1-2H3,(H,12,13). The molecule has 0 saturated heterocycles. The van der Waals surface area contributed by atoms with Gasteiger partial charge in [0.05, 0.1) is 6.61 Å². The molecule has 0 heterocycles. The molecule has 0 radical (unpaired) electrons. The van der Waals surface area contributed by atoms with E-state index in [9.17, 15) is 9.59 Å². The minimum absolute atomic E-state index is 0.325. The highest BCUT2D eigenvalue weighted by Gasteiger charge is 2.26. The fourth-order valence-corrected chi connectivity index (χ4v) is 1.17. The maximum absolute atomic E-state index is 11.4. The number of hydrogen-bond acceptors (Lipinski definition) is 3. The van der Waals surface area contributed by atoms with E-state index in [1.807, 2.05) is 13.8 Å². The summed E-state index contributed by atoms with van der Waals surface area (Å²) in [7, 11) is 0. The van der Waals surface area contributed by atoms with Crippen LogP contribution in [0.5, 0.6) is 0 Å². The van der Waals surface area contributed by atoms with Gasteiger partial charge in [-0.05, 0) is 12.8 Å². The Bertz CT molecular complexity index is 201. The van der Waals surface area contributed by atoms with Gasteiger partial charge in [-0.1, -0.05) is 33.1 Å². The molecule has 0 fully saturated rings. The second-order valence-electron chi connectivity index (χ2n) is 3.55. The minimum atomic E-state index is -1.08. The van der Waals surface area contributed by atoms with Gasteiger partial charge in [0.2, 0.25) is 0 Å². The number of carboxylic acids is 1. The van der Waals surface area contributed by atoms with Crippen molar-refractivity contribution in [3.63, 3.8) is 0 Å². The lowest BCUT2D eigenvalue weighted by Gasteiger charge is -2.11. The number of carboxylic acid groups (broad SMARTS) is 1. The molecular weight excluding hydrogens is 196 g/mol. The summed E-state index contributed by atoms with van der Waals surface area (Å²) in [6.07, 6.45) is 3.70. The van der Waals surface area contributed by atoms with Gasteiger partial charge < -0.3 is 9.84 Å². The molecule has 0 aromatic rings. The molecule has 88 valence electrons. The summed E-state index contributed by atoms with van der Waals surface area (Å²) < 4.78 is 4.88. The molecule has 0 aromatic carbocycles. The van der Waals surface area contributed by atoms with E-state index in [2.05, 4.69) is 0 Å². The Balaban J connectivity index is 3.99. The van der Waals surface area contributed by atoms with Crippen LogP contribution in [0.2, 0.25) is 0 Å². The fraction of sp³-hybridized carbons (Fsp3) is 0.818. The van der Waals surface area contributed by atoms with Crippen LogP contribution in [0.1, 0.15) is 46.0 Å². The van der Waals surface area contributed by atoms with Crippen LogP contribution >= 0.6 is 0 Å². The van der Waals surface area contributed by atoms with Gasteiger partial charge in [-0.3, -0.25) is 9.59 Å². The zero-order valence-corrected chi connectivity index (χ0v) is 9.49. The van der Waals surface area contributed by atoms with Gasteiger partial charge >= 0.3 is 11.9 Å². The highest BCUT2D eigenvalue weighted by molar-refractivity contribution is 5.93. The molecule has 0 rings (SSSR count). The molecular formula is C11H20O4. The molecule has 0 saturated carbocycles. The number of carbonyl (C=O) groups is 2. The smallest absolute Gasteiger partial charge is 0.320 e. The second kappa shape index (κ2) is 8.26. The Morgan fingerprint density at radius 2 is 1.80 bits per heavy atom. The number of hydrogen-bond donors (Lipinski definition) is 1. The van der Waals surface area contributed by atoms with E-state index in [0.29, 0.717) is 13.0 Å². The molecule has 1 N–H and O–H groups in total. The molecule has 4 nitrogen and oxygen atoms in total. The van der Waals surface area contributed by atoms with Gasteiger partial charge in [0, 0.05) is 0 Å². The summed E-state index contributed by atoms with van der Waals surface area (Å²) in [5.74, 6) is -2.66. The fourth-order valence-electron chi connectivity index (χ4n) is 1.17. The van der Waals surface area contributed by atoms with Gasteiger partial charge in [-0.2, -0.15) is 0 Å². The number of ether oxygens (including phenoxy) is 1. The quantitative estimate of drug-likeness (QED) is 0.384. The number of carbonyl (C=O) groups excluding carboxylic acids is 1. The van der Waals surface area contributed by atoms with Crippen LogP contribution in [0.25, 0.3) is 0 Å². The average molecular weight is 216 g/mol. The number of unbranched alkanes of at least 4 members (excludes halogenated alkanes) is 2. The Hall–Kier alpha value is -1.06. The zero-order valence-electron chi connectivity index (χ0n) is 9.49. The first kappa shape index (κ1) is 13.9. The van der Waals surface area contributed by atoms with Crippen LogP contribution in [-0.2, 0) is 14.3 Å². The number of rotatable bonds is 8. The molecule has 0 spiro atoms. The summed E-state index contributed by atoms with van der Waals surface area (Å²) in [5.41, 5.74) is 0. The van der Waals surface area contributed by atoms with E-state index in [4.69, 9.17) is 9.84 Å². The molecule has 1 unspecified atom stereocenters. The van der Waals surface area contributed by atoms with Crippen LogP contribution in [0.3, 0.4) is 0 Å². The summed E-state index contributed by atoms with van der Waals surface area (Å²) in [6, 6.07) is 0. The van der Waals surface area contributed by atoms with Gasteiger partial charge in [0.1, 0.15) is 0 Å². The predicted octanol–water partition coefficient (Wildman–Crippen LogP) is 2.22. The van der Waals surface area contributed by atoms with Crippen molar-refractivity contribution in [1.82, 2.24) is 0 Å². The Morgan fingerprint density at radius 1 is 1.20 bits per heavy atom. The van der Waals surface area contributed by atoms with Gasteiger partial charge in [0.15, 0.2) is 5.92 Å². The van der Waals surface area contributed by atoms with Crippen molar-refractivity contribution in [3.8, 4) is 0 Å². The Morgan fingerprint density at radius 3 is 2.27 bits per heavy atom. The molecule has 0 aliphatic rings.